The lowest BCUT2D eigenvalue weighted by Gasteiger charge is -2.35. The van der Waals surface area contributed by atoms with Gasteiger partial charge >= 0.3 is 0 Å². The molecular weight excluding hydrogens is 1540 g/mol. The van der Waals surface area contributed by atoms with E-state index in [4.69, 9.17) is 46.4 Å². The summed E-state index contributed by atoms with van der Waals surface area (Å²) in [6, 6.07) is 56.8. The number of rotatable bonds is 12. The highest BCUT2D eigenvalue weighted by Gasteiger charge is 2.42. The highest BCUT2D eigenvalue weighted by molar-refractivity contribution is 6.30. The quantitative estimate of drug-likeness (QED) is 0.0930. The molecule has 8 aromatic carbocycles. The summed E-state index contributed by atoms with van der Waals surface area (Å²) in [7, 11) is 0. The number of alkyl halides is 1. The summed E-state index contributed by atoms with van der Waals surface area (Å²) in [5.41, 5.74) is 16.4. The smallest absolute Gasteiger partial charge is 0.255 e. The number of amides is 4. The van der Waals surface area contributed by atoms with Crippen LogP contribution in [0.1, 0.15) is 219 Å². The molecule has 0 bridgehead atoms. The van der Waals surface area contributed by atoms with Crippen LogP contribution in [0.15, 0.2) is 219 Å². The minimum absolute atomic E-state index is 0. The SMILES string of the molecule is C.CC.O=C1c2cc(Cc3ccc(Cl)nc3)c3ccccc3c2CN1C1C=CCCC1.O=C1c2cc(Cc3ccc(Cl)nc3)c3ccccc3c2CN1C1C=CCCC1.O=C1c2cc(Cc3ccc(Cl)nc3)c3ccccc3c2CN1[C@H]1CCCCC1F.O=C1c2cc(Cc3ccc(Cl)nc3)c3ccccc3c2CN1[C@H]1CCCC[C@@H]1O. The molecule has 4 aromatic heterocycles. The van der Waals surface area contributed by atoms with Gasteiger partial charge in [-0.15, -0.1) is 0 Å². The van der Waals surface area contributed by atoms with E-state index >= 15 is 0 Å². The van der Waals surface area contributed by atoms with Crippen molar-refractivity contribution in [2.45, 2.75) is 199 Å². The number of allylic oxidation sites excluding steroid dienone is 2. The molecule has 2 saturated carbocycles. The average molecular weight is 1640 g/mol. The second-order valence-electron chi connectivity index (χ2n) is 31.5. The van der Waals surface area contributed by atoms with E-state index in [0.29, 0.717) is 66.1 Å². The fraction of sp³-hybridized carbons (Fsp3) is 0.313. The molecule has 2 fully saturated rings. The number of aromatic nitrogens is 4. The Balaban J connectivity index is 0.000000121. The first-order chi connectivity index (χ1) is 56.6. The zero-order valence-electron chi connectivity index (χ0n) is 65.4. The van der Waals surface area contributed by atoms with E-state index in [1.165, 1.54) is 26.9 Å². The zero-order valence-corrected chi connectivity index (χ0v) is 68.4. The van der Waals surface area contributed by atoms with Gasteiger partial charge in [-0.2, -0.15) is 0 Å². The number of carbonyl (C=O) groups is 4. The van der Waals surface area contributed by atoms with Gasteiger partial charge in [0, 0.05) is 73.2 Å². The van der Waals surface area contributed by atoms with Gasteiger partial charge in [0.15, 0.2) is 0 Å². The van der Waals surface area contributed by atoms with Crippen LogP contribution in [0.4, 0.5) is 4.39 Å². The second kappa shape index (κ2) is 36.8. The summed E-state index contributed by atoms with van der Waals surface area (Å²) in [6.07, 6.45) is 31.1. The van der Waals surface area contributed by atoms with Gasteiger partial charge in [-0.25, -0.2) is 24.3 Å². The van der Waals surface area contributed by atoms with Crippen molar-refractivity contribution in [2.24, 2.45) is 0 Å². The fourth-order valence-electron chi connectivity index (χ4n) is 18.6. The minimum atomic E-state index is -0.923. The average Bonchev–Trinajstić information content (AvgIpc) is 1.77. The van der Waals surface area contributed by atoms with Crippen molar-refractivity contribution in [1.29, 1.82) is 0 Å². The number of pyridine rings is 4. The largest absolute Gasteiger partial charge is 0.391 e. The predicted molar refractivity (Wildman–Crippen MR) is 471 cm³/mol. The second-order valence-corrected chi connectivity index (χ2v) is 33.0. The van der Waals surface area contributed by atoms with Gasteiger partial charge in [-0.3, -0.25) is 19.2 Å². The number of nitrogens with zero attached hydrogens (tertiary/aromatic N) is 8. The molecule has 3 unspecified atom stereocenters. The van der Waals surface area contributed by atoms with Crippen molar-refractivity contribution < 1.29 is 28.7 Å². The standard InChI is InChI=1S/C24H22ClFN2O.C24H23ClN2O2.2C24H21ClN2O.C2H6.CH4/c25-23-10-9-15(13-27-23)11-16-12-19-20(18-6-2-1-5-17(16)18)14-28(24(19)29)22-8-4-3-7-21(22)26;25-23-10-9-15(13-26-23)11-16-12-19-20(18-6-2-1-5-17(16)18)14-27(24(19)29)21-7-3-4-8-22(21)28;2*25-23-11-10-16(14-26-23)12-17-13-21-22(20-9-5-4-8-19(17)20)15-27(24(21)28)18-6-2-1-3-7-18;1-2;/h1-2,5-6,9-10,12-13,21-22H,3-4,7-8,11,14H2;1-2,5-6,9-10,12-13,21-22,28H,3-4,7-8,11,14H2;2*2,4-6,8-11,13-14,18H,1,3,7,12,15H2;1-2H3;1H4/t21?,22-;21-,22-;;;;/m00..../s1. The van der Waals surface area contributed by atoms with Gasteiger partial charge in [0.05, 0.1) is 30.3 Å². The monoisotopic (exact) mass is 1640 g/mol. The molecule has 0 spiro atoms. The number of hydrogen-bond acceptors (Lipinski definition) is 9. The van der Waals surface area contributed by atoms with Crippen LogP contribution < -0.4 is 0 Å². The topological polar surface area (TPSA) is 153 Å². The molecule has 18 heteroatoms. The van der Waals surface area contributed by atoms with E-state index in [0.717, 1.165) is 201 Å². The molecule has 0 radical (unpaired) electrons. The lowest BCUT2D eigenvalue weighted by Crippen LogP contribution is -2.45. The van der Waals surface area contributed by atoms with E-state index in [1.54, 1.807) is 29.4 Å². The molecule has 598 valence electrons. The first kappa shape index (κ1) is 81.9. The molecule has 1 N–H and O–H groups in total. The van der Waals surface area contributed by atoms with Crippen LogP contribution in [0.3, 0.4) is 0 Å². The Morgan fingerprint density at radius 2 is 0.641 bits per heavy atom. The number of aliphatic hydroxyl groups excluding tert-OH is 1. The molecule has 8 heterocycles. The third-order valence-corrected chi connectivity index (χ3v) is 25.3. The van der Waals surface area contributed by atoms with E-state index in [1.807, 2.05) is 114 Å². The van der Waals surface area contributed by atoms with Crippen LogP contribution in [0.5, 0.6) is 0 Å². The summed E-state index contributed by atoms with van der Waals surface area (Å²) in [5.74, 6) is 0.337. The normalized spacial score (nSPS) is 19.7. The third kappa shape index (κ3) is 17.4. The highest BCUT2D eigenvalue weighted by atomic mass is 35.5. The summed E-state index contributed by atoms with van der Waals surface area (Å²) in [5, 5.41) is 21.7. The predicted octanol–water partition coefficient (Wildman–Crippen LogP) is 23.2. The Hall–Kier alpha value is -10.2. The van der Waals surface area contributed by atoms with Crippen molar-refractivity contribution in [3.8, 4) is 0 Å². The van der Waals surface area contributed by atoms with Crippen molar-refractivity contribution in [1.82, 2.24) is 39.5 Å². The Labute approximate surface area is 704 Å². The maximum Gasteiger partial charge on any atom is 0.255 e. The molecule has 12 aromatic rings. The number of halogens is 5. The molecule has 117 heavy (non-hydrogen) atoms. The van der Waals surface area contributed by atoms with Gasteiger partial charge in [0.1, 0.15) is 26.8 Å². The summed E-state index contributed by atoms with van der Waals surface area (Å²) < 4.78 is 14.6. The minimum Gasteiger partial charge on any atom is -0.391 e. The molecule has 20 rings (SSSR count). The van der Waals surface area contributed by atoms with E-state index in [9.17, 15) is 28.7 Å². The number of fused-ring (bicyclic) bond motifs is 12. The Morgan fingerprint density at radius 3 is 0.932 bits per heavy atom. The van der Waals surface area contributed by atoms with Crippen molar-refractivity contribution in [3.05, 3.63) is 329 Å². The van der Waals surface area contributed by atoms with E-state index in [-0.39, 0.29) is 55.2 Å². The zero-order chi connectivity index (χ0) is 80.1. The van der Waals surface area contributed by atoms with Gasteiger partial charge in [0.25, 0.3) is 23.6 Å². The molecule has 4 aliphatic carbocycles. The fourth-order valence-corrected chi connectivity index (χ4v) is 19.1. The third-order valence-electron chi connectivity index (χ3n) is 24.4. The van der Waals surface area contributed by atoms with Crippen molar-refractivity contribution in [3.63, 3.8) is 0 Å². The molecule has 13 nitrogen and oxygen atoms in total. The Morgan fingerprint density at radius 1 is 0.359 bits per heavy atom. The molecule has 4 amide bonds. The first-order valence-corrected chi connectivity index (χ1v) is 42.6. The van der Waals surface area contributed by atoms with Gasteiger partial charge in [-0.05, 0) is 248 Å². The maximum absolute atomic E-state index is 14.6. The summed E-state index contributed by atoms with van der Waals surface area (Å²) in [4.78, 5) is 77.6. The number of hydrogen-bond donors (Lipinski definition) is 1. The molecule has 6 atom stereocenters. The number of aliphatic hydroxyl groups is 1. The Kier molecular flexibility index (Phi) is 25.7. The molecule has 0 saturated heterocycles. The van der Waals surface area contributed by atoms with Crippen LogP contribution >= 0.6 is 46.4 Å². The van der Waals surface area contributed by atoms with Crippen molar-refractivity contribution >= 4 is 113 Å². The summed E-state index contributed by atoms with van der Waals surface area (Å²) >= 11 is 23.7. The number of benzene rings is 8. The van der Waals surface area contributed by atoms with Crippen LogP contribution in [0.2, 0.25) is 20.6 Å². The van der Waals surface area contributed by atoms with Gasteiger partial charge < -0.3 is 24.7 Å². The van der Waals surface area contributed by atoms with Crippen LogP contribution in [0, 0.1) is 0 Å². The van der Waals surface area contributed by atoms with Gasteiger partial charge in [0.2, 0.25) is 0 Å². The van der Waals surface area contributed by atoms with E-state index in [2.05, 4.69) is 129 Å². The molecule has 8 aliphatic rings. The Bertz CT molecular complexity index is 5400. The number of carbonyl (C=O) groups excluding carboxylic acids is 4. The molecule has 4 aliphatic heterocycles. The molecular formula is C99H97Cl4FN8O5. The van der Waals surface area contributed by atoms with Crippen molar-refractivity contribution in [2.75, 3.05) is 0 Å². The lowest BCUT2D eigenvalue weighted by molar-refractivity contribution is 0.0192. The maximum atomic E-state index is 14.6. The van der Waals surface area contributed by atoms with Crippen LogP contribution in [-0.2, 0) is 51.9 Å². The van der Waals surface area contributed by atoms with Crippen LogP contribution in [-0.4, -0.2) is 105 Å². The van der Waals surface area contributed by atoms with Crippen LogP contribution in [0.25, 0.3) is 43.1 Å². The lowest BCUT2D eigenvalue weighted by atomic mass is 9.91. The van der Waals surface area contributed by atoms with Gasteiger partial charge in [-0.1, -0.05) is 239 Å². The summed E-state index contributed by atoms with van der Waals surface area (Å²) in [6.45, 7) is 6.49. The highest BCUT2D eigenvalue weighted by Crippen LogP contribution is 2.43. The first-order valence-electron chi connectivity index (χ1n) is 41.1. The van der Waals surface area contributed by atoms with E-state index < -0.39 is 12.3 Å².